The summed E-state index contributed by atoms with van der Waals surface area (Å²) >= 11 is 0. The third kappa shape index (κ3) is 2.31. The number of ether oxygens (including phenoxy) is 2. The van der Waals surface area contributed by atoms with Gasteiger partial charge in [0, 0.05) is 0 Å². The summed E-state index contributed by atoms with van der Waals surface area (Å²) in [6.07, 6.45) is 3.56. The molecule has 0 amide bonds. The molecule has 96 valence electrons. The molecule has 0 aromatic rings. The minimum atomic E-state index is -0.0716. The van der Waals surface area contributed by atoms with Crippen molar-refractivity contribution in [1.29, 1.82) is 0 Å². The van der Waals surface area contributed by atoms with Gasteiger partial charge < -0.3 is 9.47 Å². The van der Waals surface area contributed by atoms with Gasteiger partial charge in [-0.05, 0) is 44.9 Å². The molecule has 17 heavy (non-hydrogen) atoms. The van der Waals surface area contributed by atoms with Crippen LogP contribution in [0.25, 0.3) is 0 Å². The number of carbonyl (C=O) groups is 2. The van der Waals surface area contributed by atoms with Crippen LogP contribution in [0.2, 0.25) is 0 Å². The second-order valence-corrected chi connectivity index (χ2v) is 5.21. The van der Waals surface area contributed by atoms with Gasteiger partial charge in [0.15, 0.2) is 0 Å². The fourth-order valence-corrected chi connectivity index (χ4v) is 3.16. The molecule has 2 rings (SSSR count). The van der Waals surface area contributed by atoms with Crippen LogP contribution in [-0.4, -0.2) is 25.2 Å². The Balaban J connectivity index is 1.71. The first kappa shape index (κ1) is 12.4. The maximum atomic E-state index is 11.5. The van der Waals surface area contributed by atoms with Crippen LogP contribution >= 0.6 is 0 Å². The molecule has 4 heteroatoms. The predicted molar refractivity (Wildman–Crippen MR) is 61.1 cm³/mol. The van der Waals surface area contributed by atoms with Gasteiger partial charge in [-0.15, -0.1) is 0 Å². The highest BCUT2D eigenvalue weighted by Gasteiger charge is 2.57. The predicted octanol–water partition coefficient (Wildman–Crippen LogP) is 1.92. The summed E-state index contributed by atoms with van der Waals surface area (Å²) in [6.45, 7) is 4.56. The quantitative estimate of drug-likeness (QED) is 0.704. The highest BCUT2D eigenvalue weighted by Crippen LogP contribution is 2.61. The molecule has 4 nitrogen and oxygen atoms in total. The molecule has 0 radical (unpaired) electrons. The van der Waals surface area contributed by atoms with E-state index in [9.17, 15) is 9.59 Å². The lowest BCUT2D eigenvalue weighted by Gasteiger charge is -2.55. The zero-order chi connectivity index (χ0) is 12.5. The molecule has 0 aromatic carbocycles. The molecular weight excluding hydrogens is 220 g/mol. The zero-order valence-electron chi connectivity index (χ0n) is 10.5. The van der Waals surface area contributed by atoms with Crippen molar-refractivity contribution in [3.05, 3.63) is 0 Å². The van der Waals surface area contributed by atoms with E-state index in [1.165, 1.54) is 0 Å². The first-order valence-electron chi connectivity index (χ1n) is 6.43. The molecule has 0 aromatic heterocycles. The molecule has 2 aliphatic carbocycles. The molecular formula is C13H20O4. The summed E-state index contributed by atoms with van der Waals surface area (Å²) in [5, 5.41) is 0. The standard InChI is InChI=1S/C13H20O4/c1-3-16-11(14)9-5-13(6-9)7-10(8-13)12(15)17-4-2/h9-10H,3-8H2,1-2H3. The monoisotopic (exact) mass is 240 g/mol. The highest BCUT2D eigenvalue weighted by molar-refractivity contribution is 5.76. The molecule has 2 fully saturated rings. The first-order chi connectivity index (χ1) is 8.10. The average Bonchev–Trinajstić information content (AvgIpc) is 2.14. The van der Waals surface area contributed by atoms with Crippen molar-refractivity contribution < 1.29 is 19.1 Å². The van der Waals surface area contributed by atoms with E-state index in [0.717, 1.165) is 25.7 Å². The topological polar surface area (TPSA) is 52.6 Å². The van der Waals surface area contributed by atoms with Crippen LogP contribution in [-0.2, 0) is 19.1 Å². The molecule has 2 saturated carbocycles. The molecule has 0 heterocycles. The summed E-state index contributed by atoms with van der Waals surface area (Å²) in [6, 6.07) is 0. The van der Waals surface area contributed by atoms with Crippen LogP contribution in [0, 0.1) is 17.3 Å². The minimum Gasteiger partial charge on any atom is -0.466 e. The number of rotatable bonds is 4. The summed E-state index contributed by atoms with van der Waals surface area (Å²) in [7, 11) is 0. The fourth-order valence-electron chi connectivity index (χ4n) is 3.16. The zero-order valence-corrected chi connectivity index (χ0v) is 10.5. The van der Waals surface area contributed by atoms with E-state index in [4.69, 9.17) is 9.47 Å². The normalized spacial score (nSPS) is 34.7. The average molecular weight is 240 g/mol. The van der Waals surface area contributed by atoms with E-state index in [0.29, 0.717) is 13.2 Å². The number of hydrogen-bond donors (Lipinski definition) is 0. The molecule has 1 spiro atoms. The Hall–Kier alpha value is -1.06. The highest BCUT2D eigenvalue weighted by atomic mass is 16.5. The molecule has 0 N–H and O–H groups in total. The molecule has 0 bridgehead atoms. The van der Waals surface area contributed by atoms with Crippen LogP contribution in [0.4, 0.5) is 0 Å². The van der Waals surface area contributed by atoms with Crippen LogP contribution in [0.15, 0.2) is 0 Å². The third-order valence-electron chi connectivity index (χ3n) is 3.96. The summed E-state index contributed by atoms with van der Waals surface area (Å²) in [5.41, 5.74) is 0.245. The number of esters is 2. The summed E-state index contributed by atoms with van der Waals surface area (Å²) in [4.78, 5) is 22.9. The minimum absolute atomic E-state index is 0.0677. The van der Waals surface area contributed by atoms with Gasteiger partial charge in [-0.2, -0.15) is 0 Å². The molecule has 0 saturated heterocycles. The fraction of sp³-hybridized carbons (Fsp3) is 0.846. The van der Waals surface area contributed by atoms with Gasteiger partial charge in [0.1, 0.15) is 0 Å². The van der Waals surface area contributed by atoms with Crippen molar-refractivity contribution in [1.82, 2.24) is 0 Å². The van der Waals surface area contributed by atoms with Gasteiger partial charge in [-0.25, -0.2) is 0 Å². The van der Waals surface area contributed by atoms with Gasteiger partial charge >= 0.3 is 11.9 Å². The van der Waals surface area contributed by atoms with Crippen molar-refractivity contribution in [2.75, 3.05) is 13.2 Å². The lowest BCUT2D eigenvalue weighted by molar-refractivity contribution is -0.173. The van der Waals surface area contributed by atoms with Gasteiger partial charge in [-0.3, -0.25) is 9.59 Å². The van der Waals surface area contributed by atoms with E-state index in [2.05, 4.69) is 0 Å². The Kier molecular flexibility index (Phi) is 3.40. The summed E-state index contributed by atoms with van der Waals surface area (Å²) < 4.78 is 9.98. The lowest BCUT2D eigenvalue weighted by Crippen LogP contribution is -2.52. The molecule has 0 unspecified atom stereocenters. The second kappa shape index (κ2) is 4.67. The number of hydrogen-bond acceptors (Lipinski definition) is 4. The van der Waals surface area contributed by atoms with Gasteiger partial charge in [0.05, 0.1) is 25.0 Å². The van der Waals surface area contributed by atoms with Crippen molar-refractivity contribution in [3.63, 3.8) is 0 Å². The maximum Gasteiger partial charge on any atom is 0.308 e. The molecule has 0 aliphatic heterocycles. The first-order valence-corrected chi connectivity index (χ1v) is 6.43. The Morgan fingerprint density at radius 3 is 1.59 bits per heavy atom. The third-order valence-corrected chi connectivity index (χ3v) is 3.96. The van der Waals surface area contributed by atoms with E-state index in [1.807, 2.05) is 13.8 Å². The van der Waals surface area contributed by atoms with Crippen LogP contribution in [0.3, 0.4) is 0 Å². The molecule has 0 atom stereocenters. The van der Waals surface area contributed by atoms with Crippen molar-refractivity contribution in [3.8, 4) is 0 Å². The van der Waals surface area contributed by atoms with Gasteiger partial charge in [0.2, 0.25) is 0 Å². The second-order valence-electron chi connectivity index (χ2n) is 5.21. The van der Waals surface area contributed by atoms with E-state index < -0.39 is 0 Å². The molecule has 2 aliphatic rings. The van der Waals surface area contributed by atoms with Crippen LogP contribution in [0.1, 0.15) is 39.5 Å². The van der Waals surface area contributed by atoms with Crippen LogP contribution in [0.5, 0.6) is 0 Å². The van der Waals surface area contributed by atoms with Crippen LogP contribution < -0.4 is 0 Å². The Morgan fingerprint density at radius 2 is 1.29 bits per heavy atom. The SMILES string of the molecule is CCOC(=O)C1CC2(C1)CC(C(=O)OCC)C2. The van der Waals surface area contributed by atoms with Gasteiger partial charge in [-0.1, -0.05) is 0 Å². The van der Waals surface area contributed by atoms with E-state index >= 15 is 0 Å². The summed E-state index contributed by atoms with van der Waals surface area (Å²) in [5.74, 6) is -0.00777. The van der Waals surface area contributed by atoms with Crippen molar-refractivity contribution in [2.24, 2.45) is 17.3 Å². The lowest BCUT2D eigenvalue weighted by atomic mass is 9.48. The maximum absolute atomic E-state index is 11.5. The number of carbonyl (C=O) groups excluding carboxylic acids is 2. The van der Waals surface area contributed by atoms with Crippen molar-refractivity contribution >= 4 is 11.9 Å². The largest absolute Gasteiger partial charge is 0.466 e. The Labute approximate surface area is 102 Å². The smallest absolute Gasteiger partial charge is 0.308 e. The van der Waals surface area contributed by atoms with Crippen molar-refractivity contribution in [2.45, 2.75) is 39.5 Å². The Bertz CT molecular complexity index is 276. The van der Waals surface area contributed by atoms with E-state index in [-0.39, 0.29) is 29.2 Å². The van der Waals surface area contributed by atoms with E-state index in [1.54, 1.807) is 0 Å². The van der Waals surface area contributed by atoms with Gasteiger partial charge in [0.25, 0.3) is 0 Å². The Morgan fingerprint density at radius 1 is 0.941 bits per heavy atom.